The molecule has 0 aliphatic carbocycles. The quantitative estimate of drug-likeness (QED) is 0.848. The second-order valence-corrected chi connectivity index (χ2v) is 4.45. The Bertz CT molecular complexity index is 384. The molecule has 0 fully saturated rings. The Morgan fingerprint density at radius 2 is 2.00 bits per heavy atom. The van der Waals surface area contributed by atoms with Gasteiger partial charge in [-0.3, -0.25) is 4.79 Å². The highest BCUT2D eigenvalue weighted by molar-refractivity contribution is 5.95. The monoisotopic (exact) mass is 235 g/mol. The molecule has 0 spiro atoms. The predicted molar refractivity (Wildman–Crippen MR) is 70.3 cm³/mol. The molecule has 0 saturated carbocycles. The van der Waals surface area contributed by atoms with Crippen molar-refractivity contribution >= 4 is 11.6 Å². The molecule has 17 heavy (non-hydrogen) atoms. The summed E-state index contributed by atoms with van der Waals surface area (Å²) >= 11 is 0. The molecule has 1 aromatic rings. The first kappa shape index (κ1) is 13.6. The summed E-state index contributed by atoms with van der Waals surface area (Å²) in [5, 5.41) is 2.94. The van der Waals surface area contributed by atoms with Crippen molar-refractivity contribution in [3.05, 3.63) is 24.3 Å². The van der Waals surface area contributed by atoms with E-state index < -0.39 is 0 Å². The van der Waals surface area contributed by atoms with Crippen LogP contribution in [0.2, 0.25) is 0 Å². The van der Waals surface area contributed by atoms with E-state index in [9.17, 15) is 4.79 Å². The fourth-order valence-corrected chi connectivity index (χ4v) is 1.55. The van der Waals surface area contributed by atoms with Crippen molar-refractivity contribution in [1.82, 2.24) is 0 Å². The second kappa shape index (κ2) is 5.71. The summed E-state index contributed by atoms with van der Waals surface area (Å²) in [5.74, 6) is 0.813. The first-order valence-electron chi connectivity index (χ1n) is 6.01. The van der Waals surface area contributed by atoms with Gasteiger partial charge < -0.3 is 10.1 Å². The summed E-state index contributed by atoms with van der Waals surface area (Å²) in [5.41, 5.74) is 0.478. The van der Waals surface area contributed by atoms with Crippen molar-refractivity contribution in [2.45, 2.75) is 33.6 Å². The second-order valence-electron chi connectivity index (χ2n) is 4.45. The van der Waals surface area contributed by atoms with Gasteiger partial charge in [0.2, 0.25) is 5.91 Å². The fraction of sp³-hybridized carbons (Fsp3) is 0.500. The number of rotatable bonds is 5. The zero-order chi connectivity index (χ0) is 12.9. The molecule has 0 saturated heterocycles. The van der Waals surface area contributed by atoms with Gasteiger partial charge in [0.15, 0.2) is 0 Å². The molecule has 3 heteroatoms. The molecule has 0 heterocycles. The molecule has 3 nitrogen and oxygen atoms in total. The van der Waals surface area contributed by atoms with E-state index in [4.69, 9.17) is 4.74 Å². The van der Waals surface area contributed by atoms with E-state index in [1.165, 1.54) is 0 Å². The Kier molecular flexibility index (Phi) is 4.55. The van der Waals surface area contributed by atoms with Gasteiger partial charge in [-0.1, -0.05) is 26.8 Å². The van der Waals surface area contributed by atoms with Gasteiger partial charge in [0.05, 0.1) is 7.11 Å². The minimum absolute atomic E-state index is 0.0655. The Balaban J connectivity index is 2.80. The van der Waals surface area contributed by atoms with E-state index in [0.29, 0.717) is 0 Å². The molecule has 0 aromatic heterocycles. The summed E-state index contributed by atoms with van der Waals surface area (Å²) < 4.78 is 5.12. The number of hydrogen-bond donors (Lipinski definition) is 1. The van der Waals surface area contributed by atoms with Gasteiger partial charge in [-0.2, -0.15) is 0 Å². The lowest BCUT2D eigenvalue weighted by Crippen LogP contribution is -2.32. The van der Waals surface area contributed by atoms with E-state index in [-0.39, 0.29) is 11.3 Å². The highest BCUT2D eigenvalue weighted by Crippen LogP contribution is 2.27. The van der Waals surface area contributed by atoms with Gasteiger partial charge >= 0.3 is 0 Å². The number of anilines is 1. The number of carbonyl (C=O) groups is 1. The maximum absolute atomic E-state index is 12.1. The molecule has 1 N–H and O–H groups in total. The van der Waals surface area contributed by atoms with Crippen molar-refractivity contribution in [2.24, 2.45) is 5.41 Å². The normalized spacial score (nSPS) is 11.1. The standard InChI is InChI=1S/C14H21NO2/c1-5-14(3,6-2)13(16)15-11-8-7-9-12(10-11)17-4/h7-10H,5-6H2,1-4H3,(H,15,16). The van der Waals surface area contributed by atoms with E-state index in [1.807, 2.05) is 45.0 Å². The van der Waals surface area contributed by atoms with Gasteiger partial charge in [0, 0.05) is 17.2 Å². The summed E-state index contributed by atoms with van der Waals surface area (Å²) in [6.45, 7) is 6.06. The third kappa shape index (κ3) is 3.22. The minimum Gasteiger partial charge on any atom is -0.497 e. The highest BCUT2D eigenvalue weighted by atomic mass is 16.5. The van der Waals surface area contributed by atoms with E-state index in [1.54, 1.807) is 7.11 Å². The average Bonchev–Trinajstić information content (AvgIpc) is 2.37. The molecule has 0 bridgehead atoms. The number of nitrogens with one attached hydrogen (secondary N) is 1. The van der Waals surface area contributed by atoms with Crippen LogP contribution in [0.15, 0.2) is 24.3 Å². The summed E-state index contributed by atoms with van der Waals surface area (Å²) in [4.78, 5) is 12.1. The number of ether oxygens (including phenoxy) is 1. The smallest absolute Gasteiger partial charge is 0.230 e. The van der Waals surface area contributed by atoms with E-state index in [2.05, 4.69) is 5.32 Å². The predicted octanol–water partition coefficient (Wildman–Crippen LogP) is 3.46. The van der Waals surface area contributed by atoms with Crippen LogP contribution in [0.5, 0.6) is 5.75 Å². The van der Waals surface area contributed by atoms with Crippen LogP contribution in [-0.2, 0) is 4.79 Å². The molecule has 0 atom stereocenters. The number of hydrogen-bond acceptors (Lipinski definition) is 2. The van der Waals surface area contributed by atoms with Gasteiger partial charge in [0.1, 0.15) is 5.75 Å². The van der Waals surface area contributed by atoms with Crippen molar-refractivity contribution in [3.8, 4) is 5.75 Å². The molecule has 1 rings (SSSR count). The van der Waals surface area contributed by atoms with Crippen LogP contribution >= 0.6 is 0 Å². The topological polar surface area (TPSA) is 38.3 Å². The lowest BCUT2D eigenvalue weighted by atomic mass is 9.84. The lowest BCUT2D eigenvalue weighted by Gasteiger charge is -2.25. The van der Waals surface area contributed by atoms with Gasteiger partial charge in [-0.15, -0.1) is 0 Å². The van der Waals surface area contributed by atoms with E-state index >= 15 is 0 Å². The summed E-state index contributed by atoms with van der Waals surface area (Å²) in [7, 11) is 1.61. The molecule has 0 unspecified atom stereocenters. The third-order valence-corrected chi connectivity index (χ3v) is 3.44. The molecule has 94 valence electrons. The Labute approximate surface area is 103 Å². The molecule has 0 radical (unpaired) electrons. The molecule has 1 amide bonds. The van der Waals surface area contributed by atoms with E-state index in [0.717, 1.165) is 24.3 Å². The Morgan fingerprint density at radius 3 is 2.53 bits per heavy atom. The maximum Gasteiger partial charge on any atom is 0.230 e. The van der Waals surface area contributed by atoms with Crippen LogP contribution in [0.25, 0.3) is 0 Å². The third-order valence-electron chi connectivity index (χ3n) is 3.44. The molecule has 0 aliphatic rings. The fourth-order valence-electron chi connectivity index (χ4n) is 1.55. The Hall–Kier alpha value is -1.51. The number of carbonyl (C=O) groups excluding carboxylic acids is 1. The van der Waals surface area contributed by atoms with Crippen molar-refractivity contribution in [1.29, 1.82) is 0 Å². The molecular formula is C14H21NO2. The van der Waals surface area contributed by atoms with Gasteiger partial charge in [-0.25, -0.2) is 0 Å². The molecule has 1 aromatic carbocycles. The van der Waals surface area contributed by atoms with Crippen LogP contribution in [0.3, 0.4) is 0 Å². The summed E-state index contributed by atoms with van der Waals surface area (Å²) in [6.07, 6.45) is 1.67. The van der Waals surface area contributed by atoms with Crippen LogP contribution in [0, 0.1) is 5.41 Å². The van der Waals surface area contributed by atoms with Crippen LogP contribution in [0.4, 0.5) is 5.69 Å². The van der Waals surface area contributed by atoms with Crippen molar-refractivity contribution < 1.29 is 9.53 Å². The number of methoxy groups -OCH3 is 1. The Morgan fingerprint density at radius 1 is 1.35 bits per heavy atom. The lowest BCUT2D eigenvalue weighted by molar-refractivity contribution is -0.125. The molecule has 0 aliphatic heterocycles. The van der Waals surface area contributed by atoms with Crippen LogP contribution in [0.1, 0.15) is 33.6 Å². The van der Waals surface area contributed by atoms with Crippen molar-refractivity contribution in [2.75, 3.05) is 12.4 Å². The van der Waals surface area contributed by atoms with Crippen LogP contribution in [-0.4, -0.2) is 13.0 Å². The van der Waals surface area contributed by atoms with Crippen LogP contribution < -0.4 is 10.1 Å². The van der Waals surface area contributed by atoms with Gasteiger partial charge in [-0.05, 0) is 25.0 Å². The zero-order valence-electron chi connectivity index (χ0n) is 11.0. The highest BCUT2D eigenvalue weighted by Gasteiger charge is 2.29. The van der Waals surface area contributed by atoms with Crippen molar-refractivity contribution in [3.63, 3.8) is 0 Å². The average molecular weight is 235 g/mol. The molecular weight excluding hydrogens is 214 g/mol. The largest absolute Gasteiger partial charge is 0.497 e. The zero-order valence-corrected chi connectivity index (χ0v) is 11.0. The number of benzene rings is 1. The first-order valence-corrected chi connectivity index (χ1v) is 6.01. The maximum atomic E-state index is 12.1. The number of amides is 1. The SMILES string of the molecule is CCC(C)(CC)C(=O)Nc1cccc(OC)c1. The van der Waals surface area contributed by atoms with Gasteiger partial charge in [0.25, 0.3) is 0 Å². The minimum atomic E-state index is -0.303. The summed E-state index contributed by atoms with van der Waals surface area (Å²) in [6, 6.07) is 7.41. The first-order chi connectivity index (χ1) is 8.05.